The van der Waals surface area contributed by atoms with Gasteiger partial charge >= 0.3 is 0 Å². The molecule has 0 aliphatic rings. The standard InChI is InChI=1S/C11H12N6O2/c12-5-9(11(14)15)17-16-7-1-3-8(4-2-7)19-6-10(13)18/h1-4,16H,6H2,(H2,13,18)(H3,14,15)/b17-9+. The lowest BCUT2D eigenvalue weighted by atomic mass is 10.3. The van der Waals surface area contributed by atoms with Crippen molar-refractivity contribution in [3.05, 3.63) is 24.3 Å². The third kappa shape index (κ3) is 4.74. The fourth-order valence-corrected chi connectivity index (χ4v) is 1.05. The molecule has 0 fully saturated rings. The van der Waals surface area contributed by atoms with Gasteiger partial charge in [-0.25, -0.2) is 0 Å². The van der Waals surface area contributed by atoms with E-state index in [2.05, 4.69) is 10.5 Å². The van der Waals surface area contributed by atoms with E-state index in [1.54, 1.807) is 30.3 Å². The third-order valence-corrected chi connectivity index (χ3v) is 1.89. The Kier molecular flexibility index (Phi) is 4.86. The maximum absolute atomic E-state index is 10.5. The molecular weight excluding hydrogens is 248 g/mol. The maximum Gasteiger partial charge on any atom is 0.255 e. The van der Waals surface area contributed by atoms with E-state index in [-0.39, 0.29) is 12.3 Å². The number of hydrazone groups is 1. The lowest BCUT2D eigenvalue weighted by molar-refractivity contribution is -0.119. The van der Waals surface area contributed by atoms with Crippen molar-refractivity contribution in [3.8, 4) is 11.8 Å². The smallest absolute Gasteiger partial charge is 0.255 e. The third-order valence-electron chi connectivity index (χ3n) is 1.89. The lowest BCUT2D eigenvalue weighted by Crippen LogP contribution is -2.21. The van der Waals surface area contributed by atoms with Gasteiger partial charge in [-0.1, -0.05) is 0 Å². The Morgan fingerprint density at radius 3 is 2.53 bits per heavy atom. The number of hydrogen-bond acceptors (Lipinski definition) is 6. The summed E-state index contributed by atoms with van der Waals surface area (Å²) in [6, 6.07) is 8.11. The number of carbonyl (C=O) groups excluding carboxylic acids is 1. The molecule has 0 radical (unpaired) electrons. The van der Waals surface area contributed by atoms with E-state index >= 15 is 0 Å². The van der Waals surface area contributed by atoms with Gasteiger partial charge in [0.2, 0.25) is 5.71 Å². The Hall–Kier alpha value is -3.08. The molecule has 0 spiro atoms. The van der Waals surface area contributed by atoms with E-state index in [4.69, 9.17) is 26.9 Å². The summed E-state index contributed by atoms with van der Waals surface area (Å²) in [5.74, 6) is -0.510. The molecule has 0 bridgehead atoms. The van der Waals surface area contributed by atoms with Crippen molar-refractivity contribution < 1.29 is 9.53 Å². The number of hydrogen-bond donors (Lipinski definition) is 4. The first kappa shape index (κ1) is 14.0. The SMILES string of the molecule is N#C/C(=N\Nc1ccc(OCC(N)=O)cc1)C(=N)N. The number of nitrogens with one attached hydrogen (secondary N) is 2. The molecule has 0 unspecified atom stereocenters. The van der Waals surface area contributed by atoms with Crippen LogP contribution in [0.2, 0.25) is 0 Å². The molecule has 0 saturated heterocycles. The zero-order valence-corrected chi connectivity index (χ0v) is 9.88. The monoisotopic (exact) mass is 260 g/mol. The molecule has 6 N–H and O–H groups in total. The van der Waals surface area contributed by atoms with Gasteiger partial charge in [-0.3, -0.25) is 15.6 Å². The minimum atomic E-state index is -0.563. The zero-order valence-electron chi connectivity index (χ0n) is 9.88. The van der Waals surface area contributed by atoms with E-state index in [9.17, 15) is 4.79 Å². The van der Waals surface area contributed by atoms with E-state index in [1.807, 2.05) is 0 Å². The van der Waals surface area contributed by atoms with Crippen LogP contribution >= 0.6 is 0 Å². The van der Waals surface area contributed by atoms with Gasteiger partial charge in [0.1, 0.15) is 11.8 Å². The van der Waals surface area contributed by atoms with E-state index < -0.39 is 11.7 Å². The topological polar surface area (TPSA) is 150 Å². The molecule has 0 aliphatic carbocycles. The predicted molar refractivity (Wildman–Crippen MR) is 69.7 cm³/mol. The van der Waals surface area contributed by atoms with Gasteiger partial charge in [0, 0.05) is 0 Å². The van der Waals surface area contributed by atoms with Crippen molar-refractivity contribution >= 4 is 23.1 Å². The van der Waals surface area contributed by atoms with Crippen LogP contribution in [0, 0.1) is 16.7 Å². The van der Waals surface area contributed by atoms with Crippen LogP contribution in [-0.4, -0.2) is 24.1 Å². The normalized spacial score (nSPS) is 10.4. The van der Waals surface area contributed by atoms with E-state index in [0.29, 0.717) is 11.4 Å². The highest BCUT2D eigenvalue weighted by atomic mass is 16.5. The van der Waals surface area contributed by atoms with Crippen LogP contribution < -0.4 is 21.6 Å². The lowest BCUT2D eigenvalue weighted by Gasteiger charge is -2.05. The number of rotatable bonds is 6. The summed E-state index contributed by atoms with van der Waals surface area (Å²) < 4.78 is 5.06. The molecule has 1 aromatic rings. The molecule has 1 rings (SSSR count). The van der Waals surface area contributed by atoms with Crippen LogP contribution in [0.5, 0.6) is 5.75 Å². The number of nitrogens with two attached hydrogens (primary N) is 2. The second kappa shape index (κ2) is 6.61. The van der Waals surface area contributed by atoms with Crippen molar-refractivity contribution in [1.82, 2.24) is 0 Å². The first-order chi connectivity index (χ1) is 9.02. The van der Waals surface area contributed by atoms with Crippen LogP contribution in [0.3, 0.4) is 0 Å². The number of primary amides is 1. The van der Waals surface area contributed by atoms with Crippen LogP contribution in [-0.2, 0) is 4.79 Å². The number of nitriles is 1. The Labute approximate surface area is 109 Å². The zero-order chi connectivity index (χ0) is 14.3. The highest BCUT2D eigenvalue weighted by Crippen LogP contribution is 2.15. The van der Waals surface area contributed by atoms with Gasteiger partial charge in [-0.05, 0) is 24.3 Å². The molecule has 0 aromatic heterocycles. The second-order valence-corrected chi connectivity index (χ2v) is 3.38. The van der Waals surface area contributed by atoms with Crippen LogP contribution in [0.25, 0.3) is 0 Å². The number of anilines is 1. The number of amides is 1. The number of ether oxygens (including phenoxy) is 1. The Bertz CT molecular complexity index is 543. The predicted octanol–water partition coefficient (Wildman–Crippen LogP) is -0.222. The second-order valence-electron chi connectivity index (χ2n) is 3.38. The number of benzene rings is 1. The number of amidine groups is 1. The van der Waals surface area contributed by atoms with Gasteiger partial charge in [-0.15, -0.1) is 0 Å². The molecule has 19 heavy (non-hydrogen) atoms. The molecule has 0 atom stereocenters. The fourth-order valence-electron chi connectivity index (χ4n) is 1.05. The quantitative estimate of drug-likeness (QED) is 0.316. The fraction of sp³-hybridized carbons (Fsp3) is 0.0909. The van der Waals surface area contributed by atoms with Crippen molar-refractivity contribution in [2.45, 2.75) is 0 Å². The van der Waals surface area contributed by atoms with Crippen molar-refractivity contribution in [1.29, 1.82) is 10.7 Å². The molecule has 0 aliphatic heterocycles. The molecule has 8 nitrogen and oxygen atoms in total. The summed E-state index contributed by atoms with van der Waals surface area (Å²) in [6.07, 6.45) is 0. The average Bonchev–Trinajstić information content (AvgIpc) is 2.38. The summed E-state index contributed by atoms with van der Waals surface area (Å²) >= 11 is 0. The number of carbonyl (C=O) groups is 1. The van der Waals surface area contributed by atoms with Crippen LogP contribution in [0.1, 0.15) is 0 Å². The number of nitrogens with zero attached hydrogens (tertiary/aromatic N) is 2. The molecule has 98 valence electrons. The molecule has 0 saturated carbocycles. The van der Waals surface area contributed by atoms with Crippen LogP contribution in [0.15, 0.2) is 29.4 Å². The van der Waals surface area contributed by atoms with Gasteiger partial charge in [-0.2, -0.15) is 10.4 Å². The molecule has 8 heteroatoms. The largest absolute Gasteiger partial charge is 0.484 e. The Morgan fingerprint density at radius 2 is 2.05 bits per heavy atom. The maximum atomic E-state index is 10.5. The Morgan fingerprint density at radius 1 is 1.42 bits per heavy atom. The summed E-state index contributed by atoms with van der Waals surface area (Å²) in [4.78, 5) is 10.5. The average molecular weight is 260 g/mol. The van der Waals surface area contributed by atoms with Crippen LogP contribution in [0.4, 0.5) is 5.69 Å². The first-order valence-corrected chi connectivity index (χ1v) is 5.12. The Balaban J connectivity index is 2.65. The summed E-state index contributed by atoms with van der Waals surface area (Å²) in [6.45, 7) is -0.201. The minimum Gasteiger partial charge on any atom is -0.484 e. The summed E-state index contributed by atoms with van der Waals surface area (Å²) in [5.41, 5.74) is 13.0. The molecular formula is C11H12N6O2. The van der Waals surface area contributed by atoms with Crippen molar-refractivity contribution in [2.75, 3.05) is 12.0 Å². The van der Waals surface area contributed by atoms with Gasteiger partial charge in [0.25, 0.3) is 5.91 Å². The van der Waals surface area contributed by atoms with Gasteiger partial charge < -0.3 is 16.2 Å². The van der Waals surface area contributed by atoms with Gasteiger partial charge in [0.15, 0.2) is 12.4 Å². The van der Waals surface area contributed by atoms with Crippen molar-refractivity contribution in [3.63, 3.8) is 0 Å². The first-order valence-electron chi connectivity index (χ1n) is 5.12. The van der Waals surface area contributed by atoms with E-state index in [1.165, 1.54) is 0 Å². The molecule has 1 aromatic carbocycles. The summed E-state index contributed by atoms with van der Waals surface area (Å²) in [7, 11) is 0. The summed E-state index contributed by atoms with van der Waals surface area (Å²) in [5, 5.41) is 19.4. The van der Waals surface area contributed by atoms with E-state index in [0.717, 1.165) is 0 Å². The van der Waals surface area contributed by atoms with Crippen molar-refractivity contribution in [2.24, 2.45) is 16.6 Å². The van der Waals surface area contributed by atoms with Gasteiger partial charge in [0.05, 0.1) is 5.69 Å². The highest BCUT2D eigenvalue weighted by Gasteiger charge is 2.01. The highest BCUT2D eigenvalue weighted by molar-refractivity contribution is 6.45. The molecule has 1 amide bonds. The minimum absolute atomic E-state index is 0.201. The molecule has 0 heterocycles.